The molecule has 1 aromatic carbocycles. The van der Waals surface area contributed by atoms with Crippen molar-refractivity contribution in [3.63, 3.8) is 0 Å². The molecule has 0 spiro atoms. The van der Waals surface area contributed by atoms with Gasteiger partial charge in [0.2, 0.25) is 5.91 Å². The van der Waals surface area contributed by atoms with E-state index < -0.39 is 0 Å². The van der Waals surface area contributed by atoms with Crippen molar-refractivity contribution in [3.05, 3.63) is 45.9 Å². The number of nitrogens with zero attached hydrogens (tertiary/aromatic N) is 1. The monoisotopic (exact) mass is 331 g/mol. The number of aromatic nitrogens is 2. The zero-order valence-electron chi connectivity index (χ0n) is 12.7. The Morgan fingerprint density at radius 3 is 3.04 bits per heavy atom. The van der Waals surface area contributed by atoms with E-state index in [1.807, 2.05) is 12.1 Å². The maximum absolute atomic E-state index is 12.1. The van der Waals surface area contributed by atoms with Gasteiger partial charge in [-0.15, -0.1) is 0 Å². The number of carbonyl (C=O) groups is 1. The predicted molar refractivity (Wildman–Crippen MR) is 89.2 cm³/mol. The van der Waals surface area contributed by atoms with Crippen LogP contribution in [0, 0.1) is 0 Å². The highest BCUT2D eigenvalue weighted by molar-refractivity contribution is 7.99. The molecule has 1 amide bonds. The van der Waals surface area contributed by atoms with Gasteiger partial charge in [-0.1, -0.05) is 23.9 Å². The predicted octanol–water partition coefficient (Wildman–Crippen LogP) is 2.00. The Hall–Kier alpha value is -2.28. The normalized spacial score (nSPS) is 12.7. The summed E-state index contributed by atoms with van der Waals surface area (Å²) in [4.78, 5) is 31.2. The molecule has 6 nitrogen and oxygen atoms in total. The number of H-pyrrole nitrogens is 1. The van der Waals surface area contributed by atoms with E-state index in [0.29, 0.717) is 16.6 Å². The van der Waals surface area contributed by atoms with Gasteiger partial charge in [-0.25, -0.2) is 4.98 Å². The van der Waals surface area contributed by atoms with Crippen molar-refractivity contribution in [2.24, 2.45) is 0 Å². The number of hydrogen-bond donors (Lipinski definition) is 2. The SMILES string of the molecule is COc1ccccc1NC(=O)CSc1nc2c(c(=O)[nH]1)CCC2. The number of thioether (sulfide) groups is 1. The first kappa shape index (κ1) is 15.6. The number of aromatic amines is 1. The van der Waals surface area contributed by atoms with Gasteiger partial charge in [0.15, 0.2) is 5.16 Å². The van der Waals surface area contributed by atoms with Crippen molar-refractivity contribution < 1.29 is 9.53 Å². The molecule has 120 valence electrons. The average Bonchev–Trinajstić information content (AvgIpc) is 3.02. The molecule has 2 aromatic rings. The lowest BCUT2D eigenvalue weighted by Gasteiger charge is -2.09. The Labute approximate surface area is 137 Å². The fourth-order valence-electron chi connectivity index (χ4n) is 2.56. The van der Waals surface area contributed by atoms with Crippen molar-refractivity contribution in [1.82, 2.24) is 9.97 Å². The maximum Gasteiger partial charge on any atom is 0.254 e. The number of ether oxygens (including phenoxy) is 1. The minimum absolute atomic E-state index is 0.0832. The molecule has 3 rings (SSSR count). The third kappa shape index (κ3) is 3.56. The van der Waals surface area contributed by atoms with Crippen LogP contribution in [0.15, 0.2) is 34.2 Å². The molecule has 7 heteroatoms. The van der Waals surface area contributed by atoms with E-state index >= 15 is 0 Å². The van der Waals surface area contributed by atoms with Gasteiger partial charge < -0.3 is 15.0 Å². The molecule has 0 fully saturated rings. The van der Waals surface area contributed by atoms with Crippen LogP contribution in [0.4, 0.5) is 5.69 Å². The van der Waals surface area contributed by atoms with Crippen molar-refractivity contribution >= 4 is 23.4 Å². The average molecular weight is 331 g/mol. The van der Waals surface area contributed by atoms with E-state index in [4.69, 9.17) is 4.74 Å². The zero-order valence-corrected chi connectivity index (χ0v) is 13.5. The topological polar surface area (TPSA) is 84.1 Å². The molecule has 2 N–H and O–H groups in total. The molecular formula is C16H17N3O3S. The van der Waals surface area contributed by atoms with E-state index in [1.54, 1.807) is 19.2 Å². The molecule has 1 aromatic heterocycles. The highest BCUT2D eigenvalue weighted by atomic mass is 32.2. The van der Waals surface area contributed by atoms with Gasteiger partial charge >= 0.3 is 0 Å². The highest BCUT2D eigenvalue weighted by Gasteiger charge is 2.17. The molecule has 0 bridgehead atoms. The number of anilines is 1. The van der Waals surface area contributed by atoms with Crippen LogP contribution in [0.5, 0.6) is 5.75 Å². The zero-order chi connectivity index (χ0) is 16.2. The Morgan fingerprint density at radius 1 is 1.39 bits per heavy atom. The number of nitrogens with one attached hydrogen (secondary N) is 2. The van der Waals surface area contributed by atoms with Crippen molar-refractivity contribution in [2.45, 2.75) is 24.4 Å². The Balaban J connectivity index is 1.63. The van der Waals surface area contributed by atoms with E-state index in [1.165, 1.54) is 11.8 Å². The number of benzene rings is 1. The summed E-state index contributed by atoms with van der Waals surface area (Å²) in [6, 6.07) is 7.21. The lowest BCUT2D eigenvalue weighted by molar-refractivity contribution is -0.113. The number of hydrogen-bond acceptors (Lipinski definition) is 5. The van der Waals surface area contributed by atoms with Gasteiger partial charge in [0, 0.05) is 5.56 Å². The third-order valence-corrected chi connectivity index (χ3v) is 4.51. The van der Waals surface area contributed by atoms with Crippen LogP contribution in [0.25, 0.3) is 0 Å². The van der Waals surface area contributed by atoms with E-state index in [0.717, 1.165) is 30.5 Å². The molecule has 0 unspecified atom stereocenters. The number of aryl methyl sites for hydroxylation is 1. The summed E-state index contributed by atoms with van der Waals surface area (Å²) in [7, 11) is 1.55. The number of carbonyl (C=O) groups excluding carboxylic acids is 1. The first-order valence-corrected chi connectivity index (χ1v) is 8.33. The number of fused-ring (bicyclic) bond motifs is 1. The molecule has 0 radical (unpaired) electrons. The van der Waals surface area contributed by atoms with E-state index in [2.05, 4.69) is 15.3 Å². The number of rotatable bonds is 5. The number of para-hydroxylation sites is 2. The second-order valence-electron chi connectivity index (χ2n) is 5.19. The summed E-state index contributed by atoms with van der Waals surface area (Å²) < 4.78 is 5.19. The lowest BCUT2D eigenvalue weighted by Crippen LogP contribution is -2.17. The van der Waals surface area contributed by atoms with Gasteiger partial charge in [-0.05, 0) is 31.4 Å². The van der Waals surface area contributed by atoms with Gasteiger partial charge in [0.05, 0.1) is 24.2 Å². The molecule has 1 aliphatic carbocycles. The van der Waals surface area contributed by atoms with Crippen LogP contribution < -0.4 is 15.6 Å². The Morgan fingerprint density at radius 2 is 2.22 bits per heavy atom. The van der Waals surface area contributed by atoms with Crippen LogP contribution in [0.2, 0.25) is 0 Å². The van der Waals surface area contributed by atoms with Crippen LogP contribution >= 0.6 is 11.8 Å². The minimum Gasteiger partial charge on any atom is -0.495 e. The van der Waals surface area contributed by atoms with Crippen molar-refractivity contribution in [2.75, 3.05) is 18.2 Å². The van der Waals surface area contributed by atoms with Gasteiger partial charge in [-0.2, -0.15) is 0 Å². The largest absolute Gasteiger partial charge is 0.495 e. The fourth-order valence-corrected chi connectivity index (χ4v) is 3.23. The fraction of sp³-hybridized carbons (Fsp3) is 0.312. The molecule has 0 saturated carbocycles. The minimum atomic E-state index is -0.178. The van der Waals surface area contributed by atoms with Gasteiger partial charge in [0.1, 0.15) is 5.75 Å². The van der Waals surface area contributed by atoms with E-state index in [9.17, 15) is 9.59 Å². The van der Waals surface area contributed by atoms with Crippen molar-refractivity contribution in [1.29, 1.82) is 0 Å². The summed E-state index contributed by atoms with van der Waals surface area (Å²) >= 11 is 1.22. The molecule has 23 heavy (non-hydrogen) atoms. The Kier molecular flexibility index (Phi) is 4.66. The first-order valence-electron chi connectivity index (χ1n) is 7.35. The molecule has 0 aliphatic heterocycles. The second-order valence-corrected chi connectivity index (χ2v) is 6.15. The summed E-state index contributed by atoms with van der Waals surface area (Å²) in [5, 5.41) is 3.29. The summed E-state index contributed by atoms with van der Waals surface area (Å²) in [6.07, 6.45) is 2.59. The van der Waals surface area contributed by atoms with Crippen molar-refractivity contribution in [3.8, 4) is 5.75 Å². The molecule has 0 atom stereocenters. The molecule has 1 heterocycles. The summed E-state index contributed by atoms with van der Waals surface area (Å²) in [6.45, 7) is 0. The first-order chi connectivity index (χ1) is 11.2. The molecular weight excluding hydrogens is 314 g/mol. The summed E-state index contributed by atoms with van der Waals surface area (Å²) in [5.41, 5.74) is 2.19. The standard InChI is InChI=1S/C16H17N3O3S/c1-22-13-8-3-2-6-12(13)17-14(20)9-23-16-18-11-7-4-5-10(11)15(21)19-16/h2-3,6,8H,4-5,7,9H2,1H3,(H,17,20)(H,18,19,21). The Bertz CT molecular complexity index is 788. The van der Waals surface area contributed by atoms with Gasteiger partial charge in [0.25, 0.3) is 5.56 Å². The number of methoxy groups -OCH3 is 1. The smallest absolute Gasteiger partial charge is 0.254 e. The van der Waals surface area contributed by atoms with Crippen LogP contribution in [0.1, 0.15) is 17.7 Å². The van der Waals surface area contributed by atoms with E-state index in [-0.39, 0.29) is 17.2 Å². The van der Waals surface area contributed by atoms with Crippen LogP contribution in [-0.2, 0) is 17.6 Å². The van der Waals surface area contributed by atoms with Gasteiger partial charge in [-0.3, -0.25) is 9.59 Å². The lowest BCUT2D eigenvalue weighted by atomic mass is 10.3. The quantitative estimate of drug-likeness (QED) is 0.647. The molecule has 1 aliphatic rings. The number of amides is 1. The van der Waals surface area contributed by atoms with Crippen LogP contribution in [0.3, 0.4) is 0 Å². The second kappa shape index (κ2) is 6.87. The van der Waals surface area contributed by atoms with Crippen LogP contribution in [-0.4, -0.2) is 28.7 Å². The highest BCUT2D eigenvalue weighted by Crippen LogP contribution is 2.24. The molecule has 0 saturated heterocycles. The third-order valence-electron chi connectivity index (χ3n) is 3.64. The maximum atomic E-state index is 12.1. The summed E-state index contributed by atoms with van der Waals surface area (Å²) in [5.74, 6) is 0.595.